The first-order chi connectivity index (χ1) is 9.76. The van der Waals surface area contributed by atoms with Gasteiger partial charge in [-0.3, -0.25) is 4.79 Å². The van der Waals surface area contributed by atoms with Crippen LogP contribution in [0, 0.1) is 0 Å². The van der Waals surface area contributed by atoms with E-state index in [9.17, 15) is 4.79 Å². The van der Waals surface area contributed by atoms with Crippen LogP contribution < -0.4 is 10.6 Å². The van der Waals surface area contributed by atoms with E-state index in [-0.39, 0.29) is 30.0 Å². The average Bonchev–Trinajstić information content (AvgIpc) is 2.52. The molecule has 0 aromatic carbocycles. The Morgan fingerprint density at radius 3 is 2.76 bits per heavy atom. The van der Waals surface area contributed by atoms with Crippen molar-refractivity contribution in [3.05, 3.63) is 0 Å². The van der Waals surface area contributed by atoms with E-state index < -0.39 is 0 Å². The van der Waals surface area contributed by atoms with E-state index in [2.05, 4.69) is 17.6 Å². The van der Waals surface area contributed by atoms with Crippen molar-refractivity contribution in [2.45, 2.75) is 57.2 Å². The first-order valence-electron chi connectivity index (χ1n) is 8.00. The Hall–Kier alpha value is -0.360. The van der Waals surface area contributed by atoms with Gasteiger partial charge in [0.05, 0.1) is 12.2 Å². The number of rotatable bonds is 6. The lowest BCUT2D eigenvalue weighted by Crippen LogP contribution is -2.52. The summed E-state index contributed by atoms with van der Waals surface area (Å²) in [4.78, 5) is 12.1. The molecule has 0 bridgehead atoms. The molecule has 2 N–H and O–H groups in total. The summed E-state index contributed by atoms with van der Waals surface area (Å²) in [7, 11) is 0. The van der Waals surface area contributed by atoms with E-state index in [1.165, 1.54) is 19.3 Å². The second-order valence-electron chi connectivity index (χ2n) is 5.87. The van der Waals surface area contributed by atoms with Crippen LogP contribution in [0.2, 0.25) is 0 Å². The molecule has 2 rings (SSSR count). The Labute approximate surface area is 133 Å². The monoisotopic (exact) mass is 320 g/mol. The van der Waals surface area contributed by atoms with Crippen molar-refractivity contribution >= 4 is 18.3 Å². The zero-order valence-electron chi connectivity index (χ0n) is 13.0. The number of carbonyl (C=O) groups is 1. The first kappa shape index (κ1) is 18.7. The van der Waals surface area contributed by atoms with Crippen molar-refractivity contribution in [2.24, 2.45) is 0 Å². The van der Waals surface area contributed by atoms with Gasteiger partial charge in [-0.2, -0.15) is 0 Å². The fourth-order valence-corrected chi connectivity index (χ4v) is 2.98. The number of morpholine rings is 1. The maximum atomic E-state index is 12.1. The predicted molar refractivity (Wildman–Crippen MR) is 84.9 cm³/mol. The Kier molecular flexibility index (Phi) is 8.56. The third kappa shape index (κ3) is 5.74. The van der Waals surface area contributed by atoms with Crippen LogP contribution in [0.1, 0.15) is 45.4 Å². The number of ether oxygens (including phenoxy) is 2. The van der Waals surface area contributed by atoms with Gasteiger partial charge in [0.15, 0.2) is 0 Å². The molecule has 1 saturated heterocycles. The average molecular weight is 321 g/mol. The van der Waals surface area contributed by atoms with E-state index in [1.807, 2.05) is 0 Å². The van der Waals surface area contributed by atoms with E-state index >= 15 is 0 Å². The number of amides is 1. The lowest BCUT2D eigenvalue weighted by Gasteiger charge is -2.38. The normalized spacial score (nSPS) is 24.9. The van der Waals surface area contributed by atoms with E-state index in [4.69, 9.17) is 9.47 Å². The first-order valence-corrected chi connectivity index (χ1v) is 8.00. The minimum atomic E-state index is -0.351. The van der Waals surface area contributed by atoms with E-state index in [0.29, 0.717) is 19.7 Å². The number of halogens is 1. The van der Waals surface area contributed by atoms with Crippen LogP contribution in [0.5, 0.6) is 0 Å². The van der Waals surface area contributed by atoms with Gasteiger partial charge in [0, 0.05) is 26.2 Å². The van der Waals surface area contributed by atoms with Gasteiger partial charge in [0.1, 0.15) is 6.10 Å². The zero-order valence-corrected chi connectivity index (χ0v) is 13.8. The highest BCUT2D eigenvalue weighted by atomic mass is 35.5. The fourth-order valence-electron chi connectivity index (χ4n) is 2.98. The zero-order chi connectivity index (χ0) is 14.3. The molecule has 0 aromatic heterocycles. The van der Waals surface area contributed by atoms with Gasteiger partial charge in [-0.15, -0.1) is 12.4 Å². The van der Waals surface area contributed by atoms with Crippen molar-refractivity contribution in [3.8, 4) is 0 Å². The van der Waals surface area contributed by atoms with Crippen molar-refractivity contribution in [1.82, 2.24) is 10.6 Å². The van der Waals surface area contributed by atoms with Crippen LogP contribution in [-0.4, -0.2) is 50.5 Å². The molecule has 1 saturated carbocycles. The maximum Gasteiger partial charge on any atom is 0.250 e. The van der Waals surface area contributed by atoms with E-state index in [0.717, 1.165) is 32.4 Å². The minimum Gasteiger partial charge on any atom is -0.373 e. The maximum absolute atomic E-state index is 12.1. The second kappa shape index (κ2) is 9.62. The molecule has 2 aliphatic rings. The third-order valence-electron chi connectivity index (χ3n) is 4.18. The molecule has 1 heterocycles. The molecule has 6 heteroatoms. The Bertz CT molecular complexity index is 303. The molecule has 124 valence electrons. The summed E-state index contributed by atoms with van der Waals surface area (Å²) in [6, 6.07) is 0. The molecule has 1 aliphatic heterocycles. The number of hydrogen-bond donors (Lipinski definition) is 2. The quantitative estimate of drug-likeness (QED) is 0.781. The molecule has 0 aromatic rings. The number of nitrogens with one attached hydrogen (secondary N) is 2. The molecule has 1 unspecified atom stereocenters. The molecule has 0 spiro atoms. The SMILES string of the molecule is CCCOC1(CNC(=O)C2CNCCO2)CCCCC1.Cl. The highest BCUT2D eigenvalue weighted by Crippen LogP contribution is 2.31. The standard InChI is InChI=1S/C15H28N2O3.ClH/c1-2-9-20-15(6-4-3-5-7-15)12-17-14(18)13-11-16-8-10-19-13;/h13,16H,2-12H2,1H3,(H,17,18);1H. The summed E-state index contributed by atoms with van der Waals surface area (Å²) in [5, 5.41) is 6.22. The molecule has 1 atom stereocenters. The molecule has 1 amide bonds. The van der Waals surface area contributed by atoms with Crippen LogP contribution in [0.15, 0.2) is 0 Å². The van der Waals surface area contributed by atoms with Gasteiger partial charge in [0.25, 0.3) is 5.91 Å². The molecule has 2 fully saturated rings. The Morgan fingerprint density at radius 1 is 1.38 bits per heavy atom. The van der Waals surface area contributed by atoms with Gasteiger partial charge in [-0.1, -0.05) is 26.2 Å². The van der Waals surface area contributed by atoms with Crippen molar-refractivity contribution in [3.63, 3.8) is 0 Å². The smallest absolute Gasteiger partial charge is 0.250 e. The Balaban J connectivity index is 0.00000220. The summed E-state index contributed by atoms with van der Waals surface area (Å²) in [6.45, 7) is 5.55. The summed E-state index contributed by atoms with van der Waals surface area (Å²) in [6.07, 6.45) is 6.44. The van der Waals surface area contributed by atoms with Gasteiger partial charge in [-0.25, -0.2) is 0 Å². The molecule has 0 radical (unpaired) electrons. The highest BCUT2D eigenvalue weighted by Gasteiger charge is 2.34. The van der Waals surface area contributed by atoms with Crippen molar-refractivity contribution in [2.75, 3.05) is 32.8 Å². The van der Waals surface area contributed by atoms with Gasteiger partial charge in [0.2, 0.25) is 0 Å². The lowest BCUT2D eigenvalue weighted by molar-refractivity contribution is -0.137. The highest BCUT2D eigenvalue weighted by molar-refractivity contribution is 5.85. The third-order valence-corrected chi connectivity index (χ3v) is 4.18. The van der Waals surface area contributed by atoms with Crippen LogP contribution in [0.4, 0.5) is 0 Å². The largest absolute Gasteiger partial charge is 0.373 e. The Morgan fingerprint density at radius 2 is 2.14 bits per heavy atom. The topological polar surface area (TPSA) is 59.6 Å². The molecule has 5 nitrogen and oxygen atoms in total. The molecule has 1 aliphatic carbocycles. The van der Waals surface area contributed by atoms with Crippen LogP contribution in [0.25, 0.3) is 0 Å². The molecular weight excluding hydrogens is 292 g/mol. The molecule has 21 heavy (non-hydrogen) atoms. The summed E-state index contributed by atoms with van der Waals surface area (Å²) >= 11 is 0. The van der Waals surface area contributed by atoms with Crippen LogP contribution >= 0.6 is 12.4 Å². The lowest BCUT2D eigenvalue weighted by atomic mass is 9.84. The number of hydrogen-bond acceptors (Lipinski definition) is 4. The predicted octanol–water partition coefficient (Wildman–Crippen LogP) is 1.64. The van der Waals surface area contributed by atoms with Gasteiger partial charge >= 0.3 is 0 Å². The second-order valence-corrected chi connectivity index (χ2v) is 5.87. The van der Waals surface area contributed by atoms with Crippen molar-refractivity contribution in [1.29, 1.82) is 0 Å². The fraction of sp³-hybridized carbons (Fsp3) is 0.933. The molecular formula is C15H29ClN2O3. The van der Waals surface area contributed by atoms with E-state index in [1.54, 1.807) is 0 Å². The minimum absolute atomic E-state index is 0. The van der Waals surface area contributed by atoms with Crippen LogP contribution in [-0.2, 0) is 14.3 Å². The van der Waals surface area contributed by atoms with Gasteiger partial charge in [-0.05, 0) is 19.3 Å². The van der Waals surface area contributed by atoms with Crippen LogP contribution in [0.3, 0.4) is 0 Å². The van der Waals surface area contributed by atoms with Crippen molar-refractivity contribution < 1.29 is 14.3 Å². The van der Waals surface area contributed by atoms with Gasteiger partial charge < -0.3 is 20.1 Å². The number of carbonyl (C=O) groups excluding carboxylic acids is 1. The summed E-state index contributed by atoms with van der Waals surface area (Å²) in [5.74, 6) is -0.0118. The summed E-state index contributed by atoms with van der Waals surface area (Å²) < 4.78 is 11.6. The summed E-state index contributed by atoms with van der Waals surface area (Å²) in [5.41, 5.74) is -0.147.